The Bertz CT molecular complexity index is 452. The van der Waals surface area contributed by atoms with E-state index >= 15 is 0 Å². The fraction of sp³-hybridized carbons (Fsp3) is 0.333. The normalized spacial score (nSPS) is 13.1. The molecule has 4 heteroatoms. The molecule has 0 radical (unpaired) electrons. The van der Waals surface area contributed by atoms with E-state index in [1.165, 1.54) is 10.9 Å². The molecule has 1 unspecified atom stereocenters. The molecule has 0 bridgehead atoms. The van der Waals surface area contributed by atoms with Crippen molar-refractivity contribution in [3.05, 3.63) is 36.0 Å². The van der Waals surface area contributed by atoms with E-state index in [9.17, 15) is 5.11 Å². The molecule has 4 nitrogen and oxygen atoms in total. The number of aliphatic hydroxyl groups excluding tert-OH is 1. The van der Waals surface area contributed by atoms with Crippen LogP contribution in [-0.2, 0) is 6.54 Å². The Morgan fingerprint density at radius 1 is 1.38 bits per heavy atom. The molecule has 1 aromatic heterocycles. The van der Waals surface area contributed by atoms with Crippen molar-refractivity contribution >= 4 is 10.9 Å². The second-order valence-electron chi connectivity index (χ2n) is 3.88. The predicted molar refractivity (Wildman–Crippen MR) is 65.1 cm³/mol. The van der Waals surface area contributed by atoms with Gasteiger partial charge in [-0.2, -0.15) is 0 Å². The minimum absolute atomic E-state index is 0.293. The van der Waals surface area contributed by atoms with Crippen molar-refractivity contribution in [3.8, 4) is 0 Å². The van der Waals surface area contributed by atoms with E-state index in [1.807, 2.05) is 24.4 Å². The lowest BCUT2D eigenvalue weighted by atomic mass is 10.2. The molecule has 2 rings (SSSR count). The number of aromatic nitrogens is 1. The first kappa shape index (κ1) is 11.1. The Morgan fingerprint density at radius 3 is 3.00 bits per heavy atom. The van der Waals surface area contributed by atoms with Crippen molar-refractivity contribution in [2.45, 2.75) is 12.6 Å². The molecule has 1 aromatic carbocycles. The summed E-state index contributed by atoms with van der Waals surface area (Å²) in [6.45, 7) is 1.55. The van der Waals surface area contributed by atoms with Crippen molar-refractivity contribution in [1.82, 2.24) is 10.3 Å². The zero-order valence-electron chi connectivity index (χ0n) is 9.11. The first-order valence-electron chi connectivity index (χ1n) is 5.45. The van der Waals surface area contributed by atoms with E-state index < -0.39 is 6.10 Å². The number of fused-ring (bicyclic) bond motifs is 1. The summed E-state index contributed by atoms with van der Waals surface area (Å²) in [6, 6.07) is 8.17. The van der Waals surface area contributed by atoms with Gasteiger partial charge in [-0.1, -0.05) is 18.2 Å². The smallest absolute Gasteiger partial charge is 0.0786 e. The van der Waals surface area contributed by atoms with Gasteiger partial charge in [-0.3, -0.25) is 0 Å². The van der Waals surface area contributed by atoms with Gasteiger partial charge in [0.15, 0.2) is 0 Å². The summed E-state index contributed by atoms with van der Waals surface area (Å²) < 4.78 is 0. The molecule has 5 N–H and O–H groups in total. The van der Waals surface area contributed by atoms with Gasteiger partial charge in [0.25, 0.3) is 0 Å². The Labute approximate surface area is 94.5 Å². The number of hydrogen-bond donors (Lipinski definition) is 4. The molecular weight excluding hydrogens is 202 g/mol. The van der Waals surface area contributed by atoms with E-state index in [1.54, 1.807) is 0 Å². The van der Waals surface area contributed by atoms with Crippen LogP contribution in [0.25, 0.3) is 10.9 Å². The van der Waals surface area contributed by atoms with Crippen molar-refractivity contribution < 1.29 is 5.11 Å². The summed E-state index contributed by atoms with van der Waals surface area (Å²) in [5, 5.41) is 13.7. The van der Waals surface area contributed by atoms with Crippen molar-refractivity contribution in [1.29, 1.82) is 0 Å². The fourth-order valence-electron chi connectivity index (χ4n) is 1.73. The summed E-state index contributed by atoms with van der Waals surface area (Å²) in [7, 11) is 0. The molecule has 0 aliphatic heterocycles. The van der Waals surface area contributed by atoms with Crippen molar-refractivity contribution in [3.63, 3.8) is 0 Å². The van der Waals surface area contributed by atoms with Gasteiger partial charge >= 0.3 is 0 Å². The molecular formula is C12H17N3O. The third-order valence-electron chi connectivity index (χ3n) is 2.64. The summed E-state index contributed by atoms with van der Waals surface area (Å²) in [5.41, 5.74) is 7.67. The largest absolute Gasteiger partial charge is 0.390 e. The highest BCUT2D eigenvalue weighted by Gasteiger charge is 2.03. The van der Waals surface area contributed by atoms with Crippen molar-refractivity contribution in [2.75, 3.05) is 13.1 Å². The van der Waals surface area contributed by atoms with Crippen LogP contribution in [0, 0.1) is 0 Å². The van der Waals surface area contributed by atoms with E-state index in [4.69, 9.17) is 5.73 Å². The fourth-order valence-corrected chi connectivity index (χ4v) is 1.73. The highest BCUT2D eigenvalue weighted by Crippen LogP contribution is 2.16. The molecule has 2 aromatic rings. The van der Waals surface area contributed by atoms with Crippen LogP contribution < -0.4 is 11.1 Å². The van der Waals surface area contributed by atoms with Gasteiger partial charge in [-0.15, -0.1) is 0 Å². The maximum Gasteiger partial charge on any atom is 0.0786 e. The number of benzene rings is 1. The third kappa shape index (κ3) is 2.41. The molecule has 1 heterocycles. The standard InChI is InChI=1S/C12H17N3O/c13-5-10(16)8-14-6-9-7-15-12-4-2-1-3-11(9)12/h1-4,7,10,14-16H,5-6,8,13H2. The van der Waals surface area contributed by atoms with Crippen LogP contribution in [-0.4, -0.2) is 29.3 Å². The number of H-pyrrole nitrogens is 1. The van der Waals surface area contributed by atoms with Gasteiger partial charge in [-0.05, 0) is 11.6 Å². The highest BCUT2D eigenvalue weighted by molar-refractivity contribution is 5.82. The van der Waals surface area contributed by atoms with Crippen LogP contribution >= 0.6 is 0 Å². The number of aliphatic hydroxyl groups is 1. The molecule has 0 spiro atoms. The monoisotopic (exact) mass is 219 g/mol. The Balaban J connectivity index is 1.99. The van der Waals surface area contributed by atoms with E-state index in [-0.39, 0.29) is 0 Å². The van der Waals surface area contributed by atoms with Gasteiger partial charge in [0.05, 0.1) is 6.10 Å². The Hall–Kier alpha value is -1.36. The van der Waals surface area contributed by atoms with Gasteiger partial charge < -0.3 is 21.1 Å². The number of aromatic amines is 1. The highest BCUT2D eigenvalue weighted by atomic mass is 16.3. The summed E-state index contributed by atoms with van der Waals surface area (Å²) in [5.74, 6) is 0. The summed E-state index contributed by atoms with van der Waals surface area (Å²) in [6.07, 6.45) is 1.53. The van der Waals surface area contributed by atoms with Crippen LogP contribution in [0.4, 0.5) is 0 Å². The molecule has 0 aliphatic carbocycles. The quantitative estimate of drug-likeness (QED) is 0.594. The molecule has 0 saturated heterocycles. The first-order valence-corrected chi connectivity index (χ1v) is 5.45. The van der Waals surface area contributed by atoms with Gasteiger partial charge in [0, 0.05) is 36.7 Å². The molecule has 0 amide bonds. The first-order chi connectivity index (χ1) is 7.81. The molecule has 86 valence electrons. The lowest BCUT2D eigenvalue weighted by molar-refractivity contribution is 0.179. The summed E-state index contributed by atoms with van der Waals surface area (Å²) >= 11 is 0. The second kappa shape index (κ2) is 5.12. The molecule has 0 saturated carbocycles. The molecule has 0 aliphatic rings. The van der Waals surface area contributed by atoms with E-state index in [0.717, 1.165) is 12.1 Å². The second-order valence-corrected chi connectivity index (χ2v) is 3.88. The van der Waals surface area contributed by atoms with E-state index in [2.05, 4.69) is 16.4 Å². The number of hydrogen-bond acceptors (Lipinski definition) is 3. The minimum Gasteiger partial charge on any atom is -0.390 e. The van der Waals surface area contributed by atoms with Crippen molar-refractivity contribution in [2.24, 2.45) is 5.73 Å². The van der Waals surface area contributed by atoms with E-state index in [0.29, 0.717) is 13.1 Å². The Kier molecular flexibility index (Phi) is 3.56. The van der Waals surface area contributed by atoms with Crippen LogP contribution in [0.3, 0.4) is 0 Å². The molecule has 0 fully saturated rings. The van der Waals surface area contributed by atoms with Crippen LogP contribution in [0.2, 0.25) is 0 Å². The topological polar surface area (TPSA) is 74.1 Å². The number of rotatable bonds is 5. The summed E-state index contributed by atoms with van der Waals surface area (Å²) in [4.78, 5) is 3.21. The molecule has 16 heavy (non-hydrogen) atoms. The third-order valence-corrected chi connectivity index (χ3v) is 2.64. The zero-order chi connectivity index (χ0) is 11.4. The maximum absolute atomic E-state index is 9.30. The minimum atomic E-state index is -0.467. The zero-order valence-corrected chi connectivity index (χ0v) is 9.11. The van der Waals surface area contributed by atoms with Gasteiger partial charge in [0.2, 0.25) is 0 Å². The number of nitrogens with one attached hydrogen (secondary N) is 2. The van der Waals surface area contributed by atoms with Crippen LogP contribution in [0.15, 0.2) is 30.5 Å². The number of para-hydroxylation sites is 1. The average molecular weight is 219 g/mol. The number of nitrogens with two attached hydrogens (primary N) is 1. The lowest BCUT2D eigenvalue weighted by Gasteiger charge is -2.08. The van der Waals surface area contributed by atoms with Crippen LogP contribution in [0.5, 0.6) is 0 Å². The predicted octanol–water partition coefficient (Wildman–Crippen LogP) is 0.577. The van der Waals surface area contributed by atoms with Gasteiger partial charge in [0.1, 0.15) is 0 Å². The molecule has 1 atom stereocenters. The Morgan fingerprint density at radius 2 is 2.19 bits per heavy atom. The SMILES string of the molecule is NCC(O)CNCc1c[nH]c2ccccc12. The average Bonchev–Trinajstić information content (AvgIpc) is 2.73. The lowest BCUT2D eigenvalue weighted by Crippen LogP contribution is -2.32. The van der Waals surface area contributed by atoms with Crippen LogP contribution in [0.1, 0.15) is 5.56 Å². The van der Waals surface area contributed by atoms with Gasteiger partial charge in [-0.25, -0.2) is 0 Å². The maximum atomic E-state index is 9.30.